The predicted molar refractivity (Wildman–Crippen MR) is 135 cm³/mol. The van der Waals surface area contributed by atoms with Gasteiger partial charge < -0.3 is 10.6 Å². The van der Waals surface area contributed by atoms with Crippen molar-refractivity contribution in [2.75, 3.05) is 17.2 Å². The molecule has 0 aliphatic heterocycles. The van der Waals surface area contributed by atoms with E-state index in [4.69, 9.17) is 5.73 Å². The Bertz CT molecular complexity index is 1210. The molecule has 4 rings (SSSR count). The predicted octanol–water partition coefficient (Wildman–Crippen LogP) is 6.68. The van der Waals surface area contributed by atoms with Crippen molar-refractivity contribution in [2.24, 2.45) is 0 Å². The largest absolute Gasteiger partial charge is 0.414 e. The van der Waals surface area contributed by atoms with E-state index in [2.05, 4.69) is 87.9 Å². The summed E-state index contributed by atoms with van der Waals surface area (Å²) < 4.78 is 36.4. The van der Waals surface area contributed by atoms with Gasteiger partial charge in [0.1, 0.15) is 11.5 Å². The molecule has 0 aliphatic rings. The Morgan fingerprint density at radius 2 is 1.54 bits per heavy atom. The zero-order chi connectivity index (χ0) is 25.3. The molecule has 4 aromatic rings. The molecule has 2 N–H and O–H groups in total. The van der Waals surface area contributed by atoms with Crippen LogP contribution in [0, 0.1) is 0 Å². The second-order valence-electron chi connectivity index (χ2n) is 7.45. The minimum Gasteiger partial charge on any atom is -0.382 e. The minimum atomic E-state index is -3.92. The molecule has 1 aromatic heterocycles. The zero-order valence-electron chi connectivity index (χ0n) is 19.0. The minimum absolute atomic E-state index is 0.0137. The van der Waals surface area contributed by atoms with Crippen LogP contribution in [0.2, 0.25) is 0 Å². The highest BCUT2D eigenvalue weighted by Gasteiger charge is 2.35. The van der Waals surface area contributed by atoms with Gasteiger partial charge in [0.25, 0.3) is 0 Å². The summed E-state index contributed by atoms with van der Waals surface area (Å²) in [7, 11) is 0. The summed E-state index contributed by atoms with van der Waals surface area (Å²) in [5.41, 5.74) is 9.50. The van der Waals surface area contributed by atoms with Gasteiger partial charge in [-0.1, -0.05) is 54.6 Å². The third-order valence-electron chi connectivity index (χ3n) is 5.14. The van der Waals surface area contributed by atoms with Gasteiger partial charge >= 0.3 is 6.11 Å². The number of nitrogen functional groups attached to an aromatic ring is 1. The van der Waals surface area contributed by atoms with Gasteiger partial charge in [0.2, 0.25) is 0 Å². The number of anilines is 2. The molecule has 0 unspecified atom stereocenters. The van der Waals surface area contributed by atoms with Crippen LogP contribution >= 0.6 is 12.6 Å². The summed E-state index contributed by atoms with van der Waals surface area (Å²) in [6.07, 6.45) is -0.654. The van der Waals surface area contributed by atoms with Gasteiger partial charge in [0, 0.05) is 41.6 Å². The second kappa shape index (κ2) is 12.2. The van der Waals surface area contributed by atoms with E-state index in [9.17, 15) is 13.3 Å². The molecule has 0 aliphatic carbocycles. The fourth-order valence-corrected chi connectivity index (χ4v) is 3.64. The fraction of sp³-hybridized carbons (Fsp3) is 0.154. The van der Waals surface area contributed by atoms with Crippen molar-refractivity contribution in [3.63, 3.8) is 0 Å². The lowest BCUT2D eigenvalue weighted by Crippen LogP contribution is -2.21. The number of alkyl halides is 2. The molecular formula is C26H25F3N4OS. The van der Waals surface area contributed by atoms with E-state index in [0.717, 1.165) is 30.4 Å². The van der Waals surface area contributed by atoms with Crippen LogP contribution < -0.4 is 10.6 Å². The van der Waals surface area contributed by atoms with Crippen molar-refractivity contribution in [1.29, 1.82) is 0 Å². The Hall–Kier alpha value is -3.56. The topological polar surface area (TPSA) is 64.3 Å². The molecule has 0 saturated carbocycles. The summed E-state index contributed by atoms with van der Waals surface area (Å²) in [6, 6.07) is 24.0. The molecule has 0 atom stereocenters. The van der Waals surface area contributed by atoms with Crippen LogP contribution in [0.25, 0.3) is 11.3 Å². The van der Waals surface area contributed by atoms with Gasteiger partial charge in [-0.25, -0.2) is 4.98 Å². The SMILES string of the molecule is CCN(Cc1ccc(-c2nccnc2N)cc1)c1ccccc1.FOC(F)(F)c1ccccc1S. The number of nitrogens with two attached hydrogens (primary N) is 1. The third-order valence-corrected chi connectivity index (χ3v) is 5.53. The standard InChI is InChI=1S/C19H20N4.C7H5F3OS/c1-2-23(17-6-4-3-5-7-17)14-15-8-10-16(11-9-15)18-19(20)22-13-12-21-18;8-7(9,11-10)5-3-1-2-4-6(5)12/h3-13H,2,14H2,1H3,(H2,20,22);1-4,12H. The number of nitrogens with zero attached hydrogens (tertiary/aromatic N) is 3. The highest BCUT2D eigenvalue weighted by molar-refractivity contribution is 7.80. The second-order valence-corrected chi connectivity index (χ2v) is 7.93. The van der Waals surface area contributed by atoms with E-state index in [0.29, 0.717) is 5.82 Å². The lowest BCUT2D eigenvalue weighted by molar-refractivity contribution is -0.365. The number of para-hydroxylation sites is 1. The molecule has 182 valence electrons. The highest BCUT2D eigenvalue weighted by atomic mass is 32.1. The van der Waals surface area contributed by atoms with E-state index >= 15 is 0 Å². The van der Waals surface area contributed by atoms with E-state index in [1.165, 1.54) is 29.4 Å². The Labute approximate surface area is 207 Å². The molecule has 0 spiro atoms. The first-order chi connectivity index (χ1) is 16.9. The summed E-state index contributed by atoms with van der Waals surface area (Å²) in [5.74, 6) is 0.458. The smallest absolute Gasteiger partial charge is 0.382 e. The molecule has 1 heterocycles. The number of rotatable bonds is 7. The van der Waals surface area contributed by atoms with Crippen molar-refractivity contribution in [3.8, 4) is 11.3 Å². The van der Waals surface area contributed by atoms with Gasteiger partial charge in [-0.15, -0.1) is 17.6 Å². The zero-order valence-corrected chi connectivity index (χ0v) is 19.9. The number of benzene rings is 3. The highest BCUT2D eigenvalue weighted by Crippen LogP contribution is 2.33. The molecular weight excluding hydrogens is 473 g/mol. The molecule has 0 amide bonds. The van der Waals surface area contributed by atoms with Gasteiger partial charge in [-0.3, -0.25) is 4.98 Å². The number of aromatic nitrogens is 2. The third kappa shape index (κ3) is 6.97. The molecule has 0 fully saturated rings. The van der Waals surface area contributed by atoms with E-state index < -0.39 is 11.7 Å². The van der Waals surface area contributed by atoms with Gasteiger partial charge in [0.05, 0.1) is 5.56 Å². The van der Waals surface area contributed by atoms with Crippen LogP contribution in [0.15, 0.2) is 96.2 Å². The Morgan fingerprint density at radius 1 is 0.914 bits per heavy atom. The molecule has 5 nitrogen and oxygen atoms in total. The van der Waals surface area contributed by atoms with Crippen molar-refractivity contribution in [2.45, 2.75) is 24.5 Å². The summed E-state index contributed by atoms with van der Waals surface area (Å²) >= 11 is 3.72. The van der Waals surface area contributed by atoms with Crippen LogP contribution in [-0.4, -0.2) is 16.5 Å². The normalized spacial score (nSPS) is 10.9. The van der Waals surface area contributed by atoms with Crippen LogP contribution in [0.5, 0.6) is 0 Å². The molecule has 0 saturated heterocycles. The molecule has 3 aromatic carbocycles. The summed E-state index contributed by atoms with van der Waals surface area (Å²) in [5, 5.41) is 0. The number of hydrogen-bond donors (Lipinski definition) is 2. The Morgan fingerprint density at radius 3 is 2.14 bits per heavy atom. The van der Waals surface area contributed by atoms with E-state index in [1.807, 2.05) is 6.07 Å². The van der Waals surface area contributed by atoms with Gasteiger partial charge in [0.15, 0.2) is 0 Å². The lowest BCUT2D eigenvalue weighted by Gasteiger charge is -2.23. The van der Waals surface area contributed by atoms with Crippen molar-refractivity contribution in [3.05, 3.63) is 102 Å². The Kier molecular flexibility index (Phi) is 9.11. The summed E-state index contributed by atoms with van der Waals surface area (Å²) in [6.45, 7) is 4.00. The van der Waals surface area contributed by atoms with Crippen LogP contribution in [0.4, 0.5) is 24.8 Å². The summed E-state index contributed by atoms with van der Waals surface area (Å²) in [4.78, 5) is 13.2. The average molecular weight is 499 g/mol. The monoisotopic (exact) mass is 498 g/mol. The van der Waals surface area contributed by atoms with E-state index in [-0.39, 0.29) is 4.90 Å². The molecule has 0 bridgehead atoms. The maximum atomic E-state index is 12.5. The van der Waals surface area contributed by atoms with E-state index in [1.54, 1.807) is 12.4 Å². The number of thiol groups is 1. The first-order valence-electron chi connectivity index (χ1n) is 10.8. The fourth-order valence-electron chi connectivity index (χ4n) is 3.35. The molecule has 9 heteroatoms. The van der Waals surface area contributed by atoms with Crippen molar-refractivity contribution < 1.29 is 18.2 Å². The quantitative estimate of drug-likeness (QED) is 0.278. The first-order valence-corrected chi connectivity index (χ1v) is 11.2. The van der Waals surface area contributed by atoms with Crippen molar-refractivity contribution >= 4 is 24.1 Å². The first kappa shape index (κ1) is 26.1. The number of hydrogen-bond acceptors (Lipinski definition) is 6. The molecule has 35 heavy (non-hydrogen) atoms. The van der Waals surface area contributed by atoms with Crippen molar-refractivity contribution in [1.82, 2.24) is 9.97 Å². The molecule has 0 radical (unpaired) electrons. The lowest BCUT2D eigenvalue weighted by atomic mass is 10.1. The number of halogens is 3. The van der Waals surface area contributed by atoms with Crippen LogP contribution in [0.1, 0.15) is 18.1 Å². The average Bonchev–Trinajstić information content (AvgIpc) is 2.89. The van der Waals surface area contributed by atoms with Gasteiger partial charge in [-0.05, 0) is 41.3 Å². The maximum absolute atomic E-state index is 12.5. The van der Waals surface area contributed by atoms with Crippen LogP contribution in [-0.2, 0) is 17.6 Å². The van der Waals surface area contributed by atoms with Gasteiger partial charge in [-0.2, -0.15) is 8.78 Å². The van der Waals surface area contributed by atoms with Crippen LogP contribution in [0.3, 0.4) is 0 Å². The Balaban J connectivity index is 0.000000241. The maximum Gasteiger partial charge on any atom is 0.414 e.